The van der Waals surface area contributed by atoms with Gasteiger partial charge in [-0.1, -0.05) is 35.7 Å². The van der Waals surface area contributed by atoms with Crippen LogP contribution in [-0.4, -0.2) is 56.5 Å². The molecule has 2 aliphatic rings. The number of rotatable bonds is 3. The standard InChI is InChI=1S/C12H16N4O2S2/c1-7(2)5-16-10(18)8(3)20-12(16)14-13-11-15(4)9(17)6-19-11/h8H,1,5-6H2,2-4H3/b13-11-,14-12-/t8-/m1/s1. The minimum absolute atomic E-state index is 0.0104. The van der Waals surface area contributed by atoms with Gasteiger partial charge in [0, 0.05) is 13.6 Å². The lowest BCUT2D eigenvalue weighted by Gasteiger charge is -2.15. The van der Waals surface area contributed by atoms with Crippen LogP contribution >= 0.6 is 23.5 Å². The molecule has 8 heteroatoms. The van der Waals surface area contributed by atoms with Crippen molar-refractivity contribution in [2.45, 2.75) is 19.1 Å². The van der Waals surface area contributed by atoms with Gasteiger partial charge < -0.3 is 0 Å². The highest BCUT2D eigenvalue weighted by Crippen LogP contribution is 2.28. The second-order valence-corrected chi connectivity index (χ2v) is 6.90. The molecule has 108 valence electrons. The van der Waals surface area contributed by atoms with Crippen molar-refractivity contribution in [3.8, 4) is 0 Å². The van der Waals surface area contributed by atoms with E-state index in [0.29, 0.717) is 22.6 Å². The Bertz CT molecular complexity index is 530. The summed E-state index contributed by atoms with van der Waals surface area (Å²) in [6.07, 6.45) is 0. The highest BCUT2D eigenvalue weighted by molar-refractivity contribution is 8.15. The van der Waals surface area contributed by atoms with Gasteiger partial charge in [0.05, 0.1) is 11.0 Å². The Labute approximate surface area is 126 Å². The summed E-state index contributed by atoms with van der Waals surface area (Å²) in [7, 11) is 1.67. The monoisotopic (exact) mass is 312 g/mol. The van der Waals surface area contributed by atoms with Crippen LogP contribution < -0.4 is 0 Å². The predicted octanol–water partition coefficient (Wildman–Crippen LogP) is 1.36. The van der Waals surface area contributed by atoms with E-state index >= 15 is 0 Å². The van der Waals surface area contributed by atoms with Crippen LogP contribution in [0.4, 0.5) is 0 Å². The van der Waals surface area contributed by atoms with Crippen LogP contribution in [0.15, 0.2) is 22.4 Å². The molecule has 6 nitrogen and oxygen atoms in total. The van der Waals surface area contributed by atoms with E-state index in [0.717, 1.165) is 5.57 Å². The Kier molecular flexibility index (Phi) is 4.54. The molecule has 0 aromatic rings. The molecule has 1 atom stereocenters. The number of hydrogen-bond acceptors (Lipinski definition) is 6. The zero-order chi connectivity index (χ0) is 14.9. The van der Waals surface area contributed by atoms with E-state index in [9.17, 15) is 9.59 Å². The van der Waals surface area contributed by atoms with Gasteiger partial charge in [-0.3, -0.25) is 19.4 Å². The van der Waals surface area contributed by atoms with Gasteiger partial charge in [0.1, 0.15) is 0 Å². The van der Waals surface area contributed by atoms with Crippen LogP contribution in [0.3, 0.4) is 0 Å². The van der Waals surface area contributed by atoms with Gasteiger partial charge in [-0.25, -0.2) is 0 Å². The fourth-order valence-corrected chi connectivity index (χ4v) is 3.44. The average molecular weight is 312 g/mol. The van der Waals surface area contributed by atoms with Crippen molar-refractivity contribution in [3.63, 3.8) is 0 Å². The van der Waals surface area contributed by atoms with Gasteiger partial charge >= 0.3 is 0 Å². The number of amidine groups is 2. The summed E-state index contributed by atoms with van der Waals surface area (Å²) in [6.45, 7) is 7.97. The minimum Gasteiger partial charge on any atom is -0.292 e. The molecule has 2 saturated heterocycles. The lowest BCUT2D eigenvalue weighted by atomic mass is 10.3. The highest BCUT2D eigenvalue weighted by Gasteiger charge is 2.35. The fraction of sp³-hybridized carbons (Fsp3) is 0.500. The van der Waals surface area contributed by atoms with Gasteiger partial charge in [-0.05, 0) is 13.8 Å². The first kappa shape index (κ1) is 15.1. The van der Waals surface area contributed by atoms with Gasteiger partial charge in [-0.2, -0.15) is 0 Å². The summed E-state index contributed by atoms with van der Waals surface area (Å²) >= 11 is 2.72. The quantitative estimate of drug-likeness (QED) is 0.583. The zero-order valence-corrected chi connectivity index (χ0v) is 13.3. The van der Waals surface area contributed by atoms with Crippen LogP contribution in [0.1, 0.15) is 13.8 Å². The molecule has 0 N–H and O–H groups in total. The van der Waals surface area contributed by atoms with Gasteiger partial charge in [0.2, 0.25) is 11.8 Å². The summed E-state index contributed by atoms with van der Waals surface area (Å²) < 4.78 is 0. The van der Waals surface area contributed by atoms with E-state index < -0.39 is 0 Å². The molecule has 2 amide bonds. The molecule has 0 aromatic carbocycles. The maximum absolute atomic E-state index is 12.0. The molecule has 0 unspecified atom stereocenters. The first-order valence-electron chi connectivity index (χ1n) is 6.07. The normalized spacial score (nSPS) is 27.2. The number of thioether (sulfide) groups is 2. The molecule has 0 spiro atoms. The highest BCUT2D eigenvalue weighted by atomic mass is 32.2. The van der Waals surface area contributed by atoms with E-state index in [1.54, 1.807) is 11.9 Å². The van der Waals surface area contributed by atoms with E-state index in [1.165, 1.54) is 28.4 Å². The van der Waals surface area contributed by atoms with Crippen molar-refractivity contribution in [2.24, 2.45) is 10.2 Å². The van der Waals surface area contributed by atoms with Crippen LogP contribution in [-0.2, 0) is 9.59 Å². The average Bonchev–Trinajstić information content (AvgIpc) is 2.83. The van der Waals surface area contributed by atoms with Gasteiger partial charge in [-0.15, -0.1) is 10.2 Å². The Hall–Kier alpha value is -1.28. The van der Waals surface area contributed by atoms with E-state index in [4.69, 9.17) is 0 Å². The summed E-state index contributed by atoms with van der Waals surface area (Å²) in [5.74, 6) is 0.412. The molecule has 0 aromatic heterocycles. The Morgan fingerprint density at radius 2 is 2.05 bits per heavy atom. The van der Waals surface area contributed by atoms with Crippen molar-refractivity contribution >= 4 is 45.7 Å². The van der Waals surface area contributed by atoms with E-state index in [1.807, 2.05) is 13.8 Å². The maximum atomic E-state index is 12.0. The molecule has 0 aliphatic carbocycles. The van der Waals surface area contributed by atoms with Crippen molar-refractivity contribution in [2.75, 3.05) is 19.3 Å². The largest absolute Gasteiger partial charge is 0.292 e. The molecule has 20 heavy (non-hydrogen) atoms. The maximum Gasteiger partial charge on any atom is 0.242 e. The Morgan fingerprint density at radius 1 is 1.40 bits per heavy atom. The third-order valence-electron chi connectivity index (χ3n) is 2.76. The summed E-state index contributed by atoms with van der Waals surface area (Å²) in [4.78, 5) is 26.5. The van der Waals surface area contributed by atoms with Gasteiger partial charge in [0.25, 0.3) is 0 Å². The van der Waals surface area contributed by atoms with E-state index in [-0.39, 0.29) is 17.1 Å². The first-order valence-corrected chi connectivity index (χ1v) is 7.94. The van der Waals surface area contributed by atoms with Crippen LogP contribution in [0.5, 0.6) is 0 Å². The van der Waals surface area contributed by atoms with Crippen LogP contribution in [0.2, 0.25) is 0 Å². The molecule has 2 fully saturated rings. The van der Waals surface area contributed by atoms with Crippen molar-refractivity contribution < 1.29 is 9.59 Å². The molecule has 2 heterocycles. The molecular weight excluding hydrogens is 296 g/mol. The molecule has 0 radical (unpaired) electrons. The van der Waals surface area contributed by atoms with Crippen LogP contribution in [0.25, 0.3) is 0 Å². The minimum atomic E-state index is -0.163. The summed E-state index contributed by atoms with van der Waals surface area (Å²) in [5.41, 5.74) is 0.885. The first-order chi connectivity index (χ1) is 9.40. The summed E-state index contributed by atoms with van der Waals surface area (Å²) in [5, 5.41) is 9.19. The zero-order valence-electron chi connectivity index (χ0n) is 11.6. The number of carbonyl (C=O) groups is 2. The molecule has 2 rings (SSSR count). The number of nitrogens with zero attached hydrogens (tertiary/aromatic N) is 4. The second-order valence-electron chi connectivity index (χ2n) is 4.65. The SMILES string of the molecule is C=C(C)CN1C(=O)[C@@H](C)S/C1=N\N=C1/SCC(=O)N1C. The molecule has 0 bridgehead atoms. The van der Waals surface area contributed by atoms with Crippen LogP contribution in [0, 0.1) is 0 Å². The third-order valence-corrected chi connectivity index (χ3v) is 4.83. The number of carbonyl (C=O) groups excluding carboxylic acids is 2. The van der Waals surface area contributed by atoms with Crippen molar-refractivity contribution in [1.29, 1.82) is 0 Å². The Morgan fingerprint density at radius 3 is 2.60 bits per heavy atom. The number of amides is 2. The predicted molar refractivity (Wildman–Crippen MR) is 83.7 cm³/mol. The van der Waals surface area contributed by atoms with Gasteiger partial charge in [0.15, 0.2) is 10.3 Å². The lowest BCUT2D eigenvalue weighted by Crippen LogP contribution is -2.32. The molecule has 0 saturated carbocycles. The lowest BCUT2D eigenvalue weighted by molar-refractivity contribution is -0.125. The van der Waals surface area contributed by atoms with Crippen molar-refractivity contribution in [1.82, 2.24) is 9.80 Å². The second kappa shape index (κ2) is 6.01. The van der Waals surface area contributed by atoms with E-state index in [2.05, 4.69) is 16.8 Å². The Balaban J connectivity index is 2.19. The molecular formula is C12H16N4O2S2. The smallest absolute Gasteiger partial charge is 0.242 e. The summed E-state index contributed by atoms with van der Waals surface area (Å²) in [6, 6.07) is 0. The number of hydrogen-bond donors (Lipinski definition) is 0. The fourth-order valence-electron chi connectivity index (χ4n) is 1.69. The van der Waals surface area contributed by atoms with Crippen molar-refractivity contribution in [3.05, 3.63) is 12.2 Å². The molecule has 2 aliphatic heterocycles. The topological polar surface area (TPSA) is 65.3 Å². The third kappa shape index (κ3) is 3.06.